The van der Waals surface area contributed by atoms with Gasteiger partial charge in [-0.05, 0) is 0 Å². The van der Waals surface area contributed by atoms with E-state index in [0.717, 1.165) is 0 Å². The molecular weight excluding hydrogens is 395 g/mol. The fourth-order valence-corrected chi connectivity index (χ4v) is 4.31. The quantitative estimate of drug-likeness (QED) is 0.291. The Labute approximate surface area is 161 Å². The summed E-state index contributed by atoms with van der Waals surface area (Å²) in [4.78, 5) is 44.4. The number of ether oxygens (including phenoxy) is 1. The van der Waals surface area contributed by atoms with Crippen molar-refractivity contribution in [2.24, 2.45) is 5.41 Å². The third kappa shape index (κ3) is 5.59. The molecule has 1 aliphatic heterocycles. The number of hydrogen-bond donors (Lipinski definition) is 2. The molecule has 0 aromatic heterocycles. The van der Waals surface area contributed by atoms with Crippen LogP contribution in [0.15, 0.2) is 24.3 Å². The summed E-state index contributed by atoms with van der Waals surface area (Å²) < 4.78 is 20.8. The van der Waals surface area contributed by atoms with E-state index < -0.39 is 36.5 Å². The first-order valence-corrected chi connectivity index (χ1v) is 10.1. The molecule has 1 heterocycles. The van der Waals surface area contributed by atoms with E-state index in [4.69, 9.17) is 13.6 Å². The first kappa shape index (κ1) is 22.0. The van der Waals surface area contributed by atoms with Crippen molar-refractivity contribution in [3.8, 4) is 5.75 Å². The Morgan fingerprint density at radius 2 is 2.04 bits per heavy atom. The van der Waals surface area contributed by atoms with Crippen LogP contribution in [0.4, 0.5) is 5.69 Å². The number of nitro groups is 1. The number of nitrogens with zero attached hydrogens (tertiary/aromatic N) is 1. The molecule has 0 aliphatic carbocycles. The first-order valence-electron chi connectivity index (χ1n) is 8.38. The van der Waals surface area contributed by atoms with Crippen LogP contribution in [0.5, 0.6) is 5.75 Å². The number of carbonyl (C=O) groups excluding carboxylic acids is 2. The molecular formula is C16H23N2O9P. The molecule has 0 saturated carbocycles. The molecule has 1 aliphatic rings. The third-order valence-corrected chi connectivity index (χ3v) is 5.53. The topological polar surface area (TPSA) is 146 Å². The van der Waals surface area contributed by atoms with Crippen LogP contribution in [0.25, 0.3) is 0 Å². The molecule has 0 unspecified atom stereocenters. The van der Waals surface area contributed by atoms with Crippen LogP contribution in [0.2, 0.25) is 0 Å². The third-order valence-electron chi connectivity index (χ3n) is 3.99. The summed E-state index contributed by atoms with van der Waals surface area (Å²) in [5, 5.41) is 13.3. The predicted octanol–water partition coefficient (Wildman–Crippen LogP) is 1.50. The normalized spacial score (nSPS) is 21.2. The van der Waals surface area contributed by atoms with Crippen molar-refractivity contribution in [1.29, 1.82) is 0 Å². The Morgan fingerprint density at radius 1 is 1.39 bits per heavy atom. The van der Waals surface area contributed by atoms with E-state index in [2.05, 4.69) is 10.1 Å². The molecule has 156 valence electrons. The van der Waals surface area contributed by atoms with Gasteiger partial charge in [0.25, 0.3) is 0 Å². The predicted molar refractivity (Wildman–Crippen MR) is 98.5 cm³/mol. The average Bonchev–Trinajstić information content (AvgIpc) is 2.64. The molecule has 1 atom stereocenters. The van der Waals surface area contributed by atoms with E-state index >= 15 is 0 Å². The van der Waals surface area contributed by atoms with Gasteiger partial charge >= 0.3 is 161 Å². The van der Waals surface area contributed by atoms with Crippen molar-refractivity contribution in [2.75, 3.05) is 20.3 Å². The number of nitro benzene ring substituents is 1. The SMILES string of the molecule is COC(=O)CCNC(=O)[C@@H]1O[PH](O)(Oc2ccc([N+](=O)[O-])cc2)OCC1(C)C. The molecule has 1 aromatic carbocycles. The Hall–Kier alpha value is -2.33. The van der Waals surface area contributed by atoms with E-state index in [-0.39, 0.29) is 31.0 Å². The molecule has 1 saturated heterocycles. The van der Waals surface area contributed by atoms with Gasteiger partial charge in [-0.15, -0.1) is 0 Å². The molecule has 0 spiro atoms. The number of nitrogens with one attached hydrogen (secondary N) is 1. The molecule has 2 rings (SSSR count). The van der Waals surface area contributed by atoms with Crippen LogP contribution in [0, 0.1) is 15.5 Å². The number of amides is 1. The van der Waals surface area contributed by atoms with Gasteiger partial charge in [0.1, 0.15) is 0 Å². The van der Waals surface area contributed by atoms with Gasteiger partial charge in [0.05, 0.1) is 0 Å². The van der Waals surface area contributed by atoms with Crippen molar-refractivity contribution >= 4 is 25.7 Å². The fourth-order valence-electron chi connectivity index (χ4n) is 2.42. The minimum atomic E-state index is -4.23. The van der Waals surface area contributed by atoms with Crippen LogP contribution in [-0.2, 0) is 23.4 Å². The van der Waals surface area contributed by atoms with Gasteiger partial charge in [-0.25, -0.2) is 0 Å². The summed E-state index contributed by atoms with van der Waals surface area (Å²) in [7, 11) is -2.98. The second kappa shape index (κ2) is 8.78. The van der Waals surface area contributed by atoms with E-state index in [1.165, 1.54) is 31.4 Å². The molecule has 0 bridgehead atoms. The standard InChI is InChI=1S/C16H23N2O9P/c1-16(2)10-25-28(23,26-12-6-4-11(5-7-12)18(21)22)27-14(16)15(20)17-9-8-13(19)24-3/h4-7,14,23,28H,8-10H2,1-3H3,(H,17,20)/t14-/m0/s1. The zero-order valence-corrected chi connectivity index (χ0v) is 16.7. The number of rotatable bonds is 7. The van der Waals surface area contributed by atoms with Crippen LogP contribution in [0.3, 0.4) is 0 Å². The molecule has 12 heteroatoms. The monoisotopic (exact) mass is 418 g/mol. The van der Waals surface area contributed by atoms with Crippen LogP contribution < -0.4 is 9.84 Å². The second-order valence-corrected chi connectivity index (χ2v) is 8.55. The number of benzene rings is 1. The second-order valence-electron chi connectivity index (χ2n) is 6.77. The number of methoxy groups -OCH3 is 1. The zero-order chi connectivity index (χ0) is 20.9. The summed E-state index contributed by atoms with van der Waals surface area (Å²) in [5.74, 6) is -0.903. The van der Waals surface area contributed by atoms with E-state index in [1.807, 2.05) is 0 Å². The Morgan fingerprint density at radius 3 is 2.61 bits per heavy atom. The van der Waals surface area contributed by atoms with E-state index in [0.29, 0.717) is 0 Å². The molecule has 1 aromatic rings. The Kier molecular flexibility index (Phi) is 6.89. The molecule has 11 nitrogen and oxygen atoms in total. The van der Waals surface area contributed by atoms with Gasteiger partial charge in [-0.1, -0.05) is 0 Å². The van der Waals surface area contributed by atoms with Crippen LogP contribution in [0.1, 0.15) is 20.3 Å². The van der Waals surface area contributed by atoms with Gasteiger partial charge < -0.3 is 0 Å². The minimum absolute atomic E-state index is 0.00706. The Balaban J connectivity index is 2.05. The van der Waals surface area contributed by atoms with Gasteiger partial charge in [-0.2, -0.15) is 0 Å². The Bertz CT molecular complexity index is 740. The molecule has 2 N–H and O–H groups in total. The number of carbonyl (C=O) groups is 2. The van der Waals surface area contributed by atoms with Crippen molar-refractivity contribution in [2.45, 2.75) is 26.4 Å². The summed E-state index contributed by atoms with van der Waals surface area (Å²) in [6, 6.07) is 5.00. The van der Waals surface area contributed by atoms with Crippen molar-refractivity contribution in [3.63, 3.8) is 0 Å². The maximum absolute atomic E-state index is 12.5. The maximum atomic E-state index is 12.5. The summed E-state index contributed by atoms with van der Waals surface area (Å²) in [5.41, 5.74) is -0.913. The van der Waals surface area contributed by atoms with Gasteiger partial charge in [0, 0.05) is 0 Å². The summed E-state index contributed by atoms with van der Waals surface area (Å²) in [6.07, 6.45) is -1.10. The van der Waals surface area contributed by atoms with Crippen molar-refractivity contribution in [1.82, 2.24) is 5.32 Å². The van der Waals surface area contributed by atoms with E-state index in [1.54, 1.807) is 13.8 Å². The van der Waals surface area contributed by atoms with Gasteiger partial charge in [0.15, 0.2) is 0 Å². The molecule has 28 heavy (non-hydrogen) atoms. The average molecular weight is 418 g/mol. The summed E-state index contributed by atoms with van der Waals surface area (Å²) in [6.45, 7) is 3.47. The molecule has 0 radical (unpaired) electrons. The number of esters is 1. The zero-order valence-electron chi connectivity index (χ0n) is 15.7. The number of non-ortho nitro benzene ring substituents is 1. The van der Waals surface area contributed by atoms with Gasteiger partial charge in [-0.3, -0.25) is 0 Å². The van der Waals surface area contributed by atoms with Crippen LogP contribution in [-0.4, -0.2) is 48.1 Å². The first-order chi connectivity index (χ1) is 13.1. The number of hydrogen-bond acceptors (Lipinski definition) is 9. The van der Waals surface area contributed by atoms with E-state index in [9.17, 15) is 24.6 Å². The van der Waals surface area contributed by atoms with Gasteiger partial charge in [0.2, 0.25) is 0 Å². The molecule has 1 amide bonds. The fraction of sp³-hybridized carbons (Fsp3) is 0.500. The van der Waals surface area contributed by atoms with Crippen molar-refractivity contribution < 1.29 is 37.7 Å². The molecule has 1 fully saturated rings. The van der Waals surface area contributed by atoms with Crippen molar-refractivity contribution in [3.05, 3.63) is 34.4 Å². The van der Waals surface area contributed by atoms with Crippen LogP contribution >= 0.6 is 8.17 Å². The summed E-state index contributed by atoms with van der Waals surface area (Å²) >= 11 is 0.